The van der Waals surface area contributed by atoms with Crippen molar-refractivity contribution in [2.75, 3.05) is 4.90 Å². The van der Waals surface area contributed by atoms with Gasteiger partial charge in [-0.1, -0.05) is 66.6 Å². The summed E-state index contributed by atoms with van der Waals surface area (Å²) in [5.74, 6) is -0.653. The lowest BCUT2D eigenvalue weighted by atomic mass is 10.0. The summed E-state index contributed by atoms with van der Waals surface area (Å²) in [5.41, 5.74) is 5.29. The van der Waals surface area contributed by atoms with Gasteiger partial charge < -0.3 is 10.2 Å². The Morgan fingerprint density at radius 1 is 1.09 bits per heavy atom. The molecule has 2 atom stereocenters. The zero-order chi connectivity index (χ0) is 23.5. The third-order valence-electron chi connectivity index (χ3n) is 6.00. The number of hydrogen-bond acceptors (Lipinski definition) is 3. The highest BCUT2D eigenvalue weighted by Gasteiger charge is 2.39. The molecule has 0 saturated carbocycles. The van der Waals surface area contributed by atoms with E-state index in [1.165, 1.54) is 11.8 Å². The number of para-hydroxylation sites is 1. The summed E-state index contributed by atoms with van der Waals surface area (Å²) in [6.45, 7) is 6.83. The summed E-state index contributed by atoms with van der Waals surface area (Å²) in [6.07, 6.45) is 0. The van der Waals surface area contributed by atoms with E-state index in [0.29, 0.717) is 18.1 Å². The van der Waals surface area contributed by atoms with E-state index in [2.05, 4.69) is 37.4 Å². The molecule has 1 aliphatic heterocycles. The van der Waals surface area contributed by atoms with Gasteiger partial charge in [0.05, 0.1) is 18.2 Å². The number of nitrogens with one attached hydrogen (secondary N) is 1. The molecule has 0 fully saturated rings. The van der Waals surface area contributed by atoms with Crippen LogP contribution in [0.15, 0.2) is 71.6 Å². The maximum absolute atomic E-state index is 13.7. The van der Waals surface area contributed by atoms with Crippen LogP contribution in [0.1, 0.15) is 29.2 Å². The van der Waals surface area contributed by atoms with E-state index < -0.39 is 11.2 Å². The van der Waals surface area contributed by atoms with Gasteiger partial charge in [0.15, 0.2) is 0 Å². The Bertz CT molecular complexity index is 1180. The quantitative estimate of drug-likeness (QED) is 0.478. The molecule has 6 heteroatoms. The van der Waals surface area contributed by atoms with Crippen LogP contribution >= 0.6 is 23.4 Å². The van der Waals surface area contributed by atoms with Crippen LogP contribution < -0.4 is 10.2 Å². The summed E-state index contributed by atoms with van der Waals surface area (Å²) < 4.78 is 0. The fourth-order valence-electron chi connectivity index (χ4n) is 3.95. The molecule has 4 nitrogen and oxygen atoms in total. The minimum Gasteiger partial charge on any atom is -0.352 e. The second-order valence-electron chi connectivity index (χ2n) is 8.49. The number of hydrogen-bond donors (Lipinski definition) is 1. The molecule has 1 aliphatic rings. The molecule has 170 valence electrons. The van der Waals surface area contributed by atoms with Crippen molar-refractivity contribution in [1.29, 1.82) is 0 Å². The number of nitrogens with zero attached hydrogens (tertiary/aromatic N) is 1. The van der Waals surface area contributed by atoms with Crippen molar-refractivity contribution in [3.8, 4) is 0 Å². The third-order valence-corrected chi connectivity index (χ3v) is 7.72. The lowest BCUT2D eigenvalue weighted by Gasteiger charge is -2.36. The lowest BCUT2D eigenvalue weighted by Crippen LogP contribution is -2.47. The molecule has 0 aliphatic carbocycles. The number of carbonyl (C=O) groups is 2. The number of carbonyl (C=O) groups excluding carboxylic acids is 2. The highest BCUT2D eigenvalue weighted by Crippen LogP contribution is 2.42. The predicted molar refractivity (Wildman–Crippen MR) is 136 cm³/mol. The average molecular weight is 479 g/mol. The second-order valence-corrected chi connectivity index (χ2v) is 10.1. The van der Waals surface area contributed by atoms with Crippen LogP contribution in [0.2, 0.25) is 5.02 Å². The minimum absolute atomic E-state index is 0.0336. The Balaban J connectivity index is 1.55. The molecular weight excluding hydrogens is 452 g/mol. The van der Waals surface area contributed by atoms with Gasteiger partial charge in [0.25, 0.3) is 0 Å². The molecule has 3 aromatic rings. The number of rotatable bonds is 6. The molecule has 1 N–H and O–H groups in total. The van der Waals surface area contributed by atoms with Crippen molar-refractivity contribution in [1.82, 2.24) is 5.32 Å². The first-order valence-corrected chi connectivity index (χ1v) is 12.2. The monoisotopic (exact) mass is 478 g/mol. The molecule has 1 heterocycles. The summed E-state index contributed by atoms with van der Waals surface area (Å²) in [4.78, 5) is 29.5. The SMILES string of the molecule is Cc1ccc(C)c(CN2C(=O)[C@@H]([C@@H](C)C(=O)NCc3ccc(Cl)cc3)Sc3ccccc32)c1. The zero-order valence-corrected chi connectivity index (χ0v) is 20.5. The van der Waals surface area contributed by atoms with Gasteiger partial charge in [-0.05, 0) is 54.8 Å². The molecule has 3 aromatic carbocycles. The number of thioether (sulfide) groups is 1. The molecule has 0 radical (unpaired) electrons. The van der Waals surface area contributed by atoms with Crippen LogP contribution in [0, 0.1) is 19.8 Å². The van der Waals surface area contributed by atoms with E-state index in [9.17, 15) is 9.59 Å². The third kappa shape index (κ3) is 5.26. The van der Waals surface area contributed by atoms with E-state index in [0.717, 1.165) is 32.8 Å². The summed E-state index contributed by atoms with van der Waals surface area (Å²) in [7, 11) is 0. The fourth-order valence-corrected chi connectivity index (χ4v) is 5.36. The highest BCUT2D eigenvalue weighted by atomic mass is 35.5. The van der Waals surface area contributed by atoms with Gasteiger partial charge in [-0.2, -0.15) is 0 Å². The Hall–Kier alpha value is -2.76. The molecular formula is C27H27ClN2O2S. The highest BCUT2D eigenvalue weighted by molar-refractivity contribution is 8.01. The smallest absolute Gasteiger partial charge is 0.241 e. The number of fused-ring (bicyclic) bond motifs is 1. The number of amides is 2. The Labute approximate surface area is 204 Å². The molecule has 0 aromatic heterocycles. The molecule has 0 unspecified atom stereocenters. The molecule has 2 amide bonds. The normalized spacial score (nSPS) is 16.3. The van der Waals surface area contributed by atoms with Crippen molar-refractivity contribution in [2.45, 2.75) is 44.0 Å². The summed E-state index contributed by atoms with van der Waals surface area (Å²) in [5, 5.41) is 3.14. The Morgan fingerprint density at radius 2 is 1.82 bits per heavy atom. The summed E-state index contributed by atoms with van der Waals surface area (Å²) >= 11 is 7.42. The Morgan fingerprint density at radius 3 is 2.58 bits per heavy atom. The molecule has 0 saturated heterocycles. The topological polar surface area (TPSA) is 49.4 Å². The van der Waals surface area contributed by atoms with Crippen LogP contribution in [0.25, 0.3) is 0 Å². The van der Waals surface area contributed by atoms with E-state index in [4.69, 9.17) is 11.6 Å². The van der Waals surface area contributed by atoms with E-state index in [-0.39, 0.29) is 11.8 Å². The first kappa shape index (κ1) is 23.4. The molecule has 33 heavy (non-hydrogen) atoms. The van der Waals surface area contributed by atoms with E-state index in [1.54, 1.807) is 12.1 Å². The first-order chi connectivity index (χ1) is 15.8. The van der Waals surface area contributed by atoms with Gasteiger partial charge in [-0.3, -0.25) is 9.59 Å². The fraction of sp³-hybridized carbons (Fsp3) is 0.259. The lowest BCUT2D eigenvalue weighted by molar-refractivity contribution is -0.128. The van der Waals surface area contributed by atoms with E-state index in [1.807, 2.05) is 48.2 Å². The number of benzene rings is 3. The van der Waals surface area contributed by atoms with Gasteiger partial charge in [0.2, 0.25) is 11.8 Å². The molecule has 0 bridgehead atoms. The number of aryl methyl sites for hydroxylation is 2. The molecule has 0 spiro atoms. The second kappa shape index (κ2) is 10.0. The van der Waals surface area contributed by atoms with Gasteiger partial charge >= 0.3 is 0 Å². The van der Waals surface area contributed by atoms with Crippen LogP contribution in [0.3, 0.4) is 0 Å². The largest absolute Gasteiger partial charge is 0.352 e. The van der Waals surface area contributed by atoms with Crippen molar-refractivity contribution in [3.63, 3.8) is 0 Å². The standard InChI is InChI=1S/C27H27ClN2O2S/c1-17-8-9-18(2)21(14-17)16-30-23-6-4-5-7-24(23)33-25(27(30)32)19(3)26(31)29-15-20-10-12-22(28)13-11-20/h4-14,19,25H,15-16H2,1-3H3,(H,29,31)/t19-,25-/m1/s1. The minimum atomic E-state index is -0.491. The van der Waals surface area contributed by atoms with Crippen LogP contribution in [0.4, 0.5) is 5.69 Å². The van der Waals surface area contributed by atoms with Crippen LogP contribution in [0.5, 0.6) is 0 Å². The van der Waals surface area contributed by atoms with Crippen LogP contribution in [-0.2, 0) is 22.7 Å². The van der Waals surface area contributed by atoms with E-state index >= 15 is 0 Å². The van der Waals surface area contributed by atoms with Crippen molar-refractivity contribution in [2.24, 2.45) is 5.92 Å². The van der Waals surface area contributed by atoms with Gasteiger partial charge in [-0.25, -0.2) is 0 Å². The van der Waals surface area contributed by atoms with Gasteiger partial charge in [-0.15, -0.1) is 11.8 Å². The number of halogens is 1. The maximum atomic E-state index is 13.7. The van der Waals surface area contributed by atoms with Crippen LogP contribution in [-0.4, -0.2) is 17.1 Å². The van der Waals surface area contributed by atoms with Gasteiger partial charge in [0, 0.05) is 16.5 Å². The average Bonchev–Trinajstić information content (AvgIpc) is 2.81. The van der Waals surface area contributed by atoms with Crippen molar-refractivity contribution in [3.05, 3.63) is 94.0 Å². The Kier molecular flexibility index (Phi) is 7.11. The maximum Gasteiger partial charge on any atom is 0.241 e. The van der Waals surface area contributed by atoms with Crippen molar-refractivity contribution >= 4 is 40.9 Å². The predicted octanol–water partition coefficient (Wildman–Crippen LogP) is 5.92. The summed E-state index contributed by atoms with van der Waals surface area (Å²) in [6, 6.07) is 21.6. The van der Waals surface area contributed by atoms with Crippen molar-refractivity contribution < 1.29 is 9.59 Å². The number of anilines is 1. The first-order valence-electron chi connectivity index (χ1n) is 11.0. The molecule has 4 rings (SSSR count). The zero-order valence-electron chi connectivity index (χ0n) is 19.0. The van der Waals surface area contributed by atoms with Gasteiger partial charge in [0.1, 0.15) is 5.25 Å².